The summed E-state index contributed by atoms with van der Waals surface area (Å²) in [7, 11) is 0. The van der Waals surface area contributed by atoms with Crippen molar-refractivity contribution in [3.05, 3.63) is 0 Å². The van der Waals surface area contributed by atoms with Crippen molar-refractivity contribution in [1.29, 1.82) is 0 Å². The molecule has 0 bridgehead atoms. The van der Waals surface area contributed by atoms with Crippen LogP contribution in [0.15, 0.2) is 0 Å². The molecule has 2 atom stereocenters. The molecule has 12 heavy (non-hydrogen) atoms. The molecule has 2 saturated heterocycles. The highest BCUT2D eigenvalue weighted by molar-refractivity contribution is 4.89. The summed E-state index contributed by atoms with van der Waals surface area (Å²) in [6.45, 7) is 2.14. The van der Waals surface area contributed by atoms with E-state index >= 15 is 0 Å². The van der Waals surface area contributed by atoms with Crippen molar-refractivity contribution < 1.29 is 0 Å². The summed E-state index contributed by atoms with van der Waals surface area (Å²) in [4.78, 5) is 2.49. The van der Waals surface area contributed by atoms with E-state index in [9.17, 15) is 0 Å². The summed E-state index contributed by atoms with van der Waals surface area (Å²) in [5, 5.41) is 0. The zero-order chi connectivity index (χ0) is 8.55. The maximum absolute atomic E-state index is 5.90. The van der Waals surface area contributed by atoms with E-state index in [1.165, 1.54) is 25.7 Å². The third kappa shape index (κ3) is 1.63. The minimum Gasteiger partial charge on any atom is -0.327 e. The van der Waals surface area contributed by atoms with Gasteiger partial charge < -0.3 is 11.5 Å². The number of nitrogens with two attached hydrogens (primary N) is 2. The molecule has 70 valence electrons. The van der Waals surface area contributed by atoms with Crippen molar-refractivity contribution in [3.63, 3.8) is 0 Å². The van der Waals surface area contributed by atoms with Gasteiger partial charge in [0.05, 0.1) is 0 Å². The molecule has 2 rings (SSSR count). The third-order valence-electron chi connectivity index (χ3n) is 3.20. The number of hydrogen-bond acceptors (Lipinski definition) is 3. The van der Waals surface area contributed by atoms with E-state index in [0.717, 1.165) is 19.1 Å². The van der Waals surface area contributed by atoms with Gasteiger partial charge in [-0.05, 0) is 25.7 Å². The quantitative estimate of drug-likeness (QED) is 0.532. The van der Waals surface area contributed by atoms with Crippen LogP contribution in [0.1, 0.15) is 25.7 Å². The van der Waals surface area contributed by atoms with E-state index < -0.39 is 0 Å². The van der Waals surface area contributed by atoms with Gasteiger partial charge in [0, 0.05) is 31.2 Å². The van der Waals surface area contributed by atoms with Crippen LogP contribution in [-0.4, -0.2) is 36.1 Å². The largest absolute Gasteiger partial charge is 0.327 e. The molecule has 2 fully saturated rings. The first-order valence-electron chi connectivity index (χ1n) is 5.01. The summed E-state index contributed by atoms with van der Waals surface area (Å²) in [5.74, 6) is 0. The van der Waals surface area contributed by atoms with E-state index in [1.807, 2.05) is 0 Å². The normalized spacial score (nSPS) is 44.0. The molecule has 2 aliphatic rings. The SMILES string of the molecule is NC1CCC2CCC(N)CN2C1. The van der Waals surface area contributed by atoms with Crippen LogP contribution < -0.4 is 11.5 Å². The molecule has 0 aromatic heterocycles. The molecule has 3 nitrogen and oxygen atoms in total. The minimum absolute atomic E-state index is 0.395. The smallest absolute Gasteiger partial charge is 0.0168 e. The predicted molar refractivity (Wildman–Crippen MR) is 49.8 cm³/mol. The lowest BCUT2D eigenvalue weighted by molar-refractivity contribution is 0.0867. The predicted octanol–water partition coefficient (Wildman–Crippen LogP) is -0.101. The fourth-order valence-corrected chi connectivity index (χ4v) is 2.48. The first-order chi connectivity index (χ1) is 5.75. The number of nitrogens with zero attached hydrogens (tertiary/aromatic N) is 1. The highest BCUT2D eigenvalue weighted by atomic mass is 15.2. The van der Waals surface area contributed by atoms with Crippen LogP contribution in [0, 0.1) is 0 Å². The lowest BCUT2D eigenvalue weighted by Gasteiger charge is -2.43. The van der Waals surface area contributed by atoms with Crippen LogP contribution in [0.4, 0.5) is 0 Å². The number of piperidine rings is 2. The Balaban J connectivity index is 1.94. The zero-order valence-corrected chi connectivity index (χ0v) is 7.58. The maximum Gasteiger partial charge on any atom is 0.0168 e. The average Bonchev–Trinajstić information content (AvgIpc) is 2.03. The van der Waals surface area contributed by atoms with Gasteiger partial charge in [-0.15, -0.1) is 0 Å². The second kappa shape index (κ2) is 3.32. The van der Waals surface area contributed by atoms with Gasteiger partial charge in [-0.25, -0.2) is 0 Å². The Morgan fingerprint density at radius 2 is 1.33 bits per heavy atom. The molecule has 4 N–H and O–H groups in total. The highest BCUT2D eigenvalue weighted by Gasteiger charge is 2.30. The van der Waals surface area contributed by atoms with E-state index in [4.69, 9.17) is 11.5 Å². The molecule has 2 unspecified atom stereocenters. The molecule has 0 saturated carbocycles. The van der Waals surface area contributed by atoms with E-state index in [0.29, 0.717) is 12.1 Å². The monoisotopic (exact) mass is 169 g/mol. The molecule has 0 aromatic carbocycles. The van der Waals surface area contributed by atoms with E-state index in [2.05, 4.69) is 4.90 Å². The Labute approximate surface area is 74.1 Å². The van der Waals surface area contributed by atoms with Crippen molar-refractivity contribution in [2.24, 2.45) is 11.5 Å². The summed E-state index contributed by atoms with van der Waals surface area (Å²) >= 11 is 0. The number of rotatable bonds is 0. The van der Waals surface area contributed by atoms with Crippen molar-refractivity contribution in [2.45, 2.75) is 43.8 Å². The lowest BCUT2D eigenvalue weighted by Crippen LogP contribution is -2.55. The second-order valence-corrected chi connectivity index (χ2v) is 4.28. The Bertz CT molecular complexity index is 144. The van der Waals surface area contributed by atoms with Gasteiger partial charge in [-0.1, -0.05) is 0 Å². The standard InChI is InChI=1S/C9H19N3/c10-7-1-3-9-4-2-8(11)6-12(9)5-7/h7-9H,1-6,10-11H2. The van der Waals surface area contributed by atoms with Crippen LogP contribution in [0.25, 0.3) is 0 Å². The van der Waals surface area contributed by atoms with Crippen molar-refractivity contribution in [2.75, 3.05) is 13.1 Å². The topological polar surface area (TPSA) is 55.3 Å². The molecular formula is C9H19N3. The first-order valence-corrected chi connectivity index (χ1v) is 5.01. The number of fused-ring (bicyclic) bond motifs is 1. The zero-order valence-electron chi connectivity index (χ0n) is 7.58. The molecule has 0 aromatic rings. The minimum atomic E-state index is 0.395. The van der Waals surface area contributed by atoms with Gasteiger partial charge in [-0.3, -0.25) is 4.90 Å². The van der Waals surface area contributed by atoms with Crippen molar-refractivity contribution in [3.8, 4) is 0 Å². The maximum atomic E-state index is 5.90. The Morgan fingerprint density at radius 1 is 0.833 bits per heavy atom. The van der Waals surface area contributed by atoms with Crippen LogP contribution in [0.5, 0.6) is 0 Å². The number of hydrogen-bond donors (Lipinski definition) is 2. The summed E-state index contributed by atoms with van der Waals surface area (Å²) in [6.07, 6.45) is 4.98. The van der Waals surface area contributed by atoms with Crippen molar-refractivity contribution >= 4 is 0 Å². The molecule has 3 heteroatoms. The van der Waals surface area contributed by atoms with E-state index in [1.54, 1.807) is 0 Å². The summed E-state index contributed by atoms with van der Waals surface area (Å²) in [5.41, 5.74) is 11.8. The molecule has 2 heterocycles. The third-order valence-corrected chi connectivity index (χ3v) is 3.20. The van der Waals surface area contributed by atoms with Gasteiger partial charge >= 0.3 is 0 Å². The van der Waals surface area contributed by atoms with Gasteiger partial charge in [0.1, 0.15) is 0 Å². The van der Waals surface area contributed by atoms with Crippen molar-refractivity contribution in [1.82, 2.24) is 4.90 Å². The van der Waals surface area contributed by atoms with E-state index in [-0.39, 0.29) is 0 Å². The Hall–Kier alpha value is -0.120. The Kier molecular flexibility index (Phi) is 2.35. The van der Waals surface area contributed by atoms with Gasteiger partial charge in [0.25, 0.3) is 0 Å². The fourth-order valence-electron chi connectivity index (χ4n) is 2.48. The van der Waals surface area contributed by atoms with Crippen LogP contribution in [0.3, 0.4) is 0 Å². The molecule has 0 aliphatic carbocycles. The molecule has 0 amide bonds. The van der Waals surface area contributed by atoms with Crippen LogP contribution >= 0.6 is 0 Å². The Morgan fingerprint density at radius 3 is 1.83 bits per heavy atom. The van der Waals surface area contributed by atoms with Crippen LogP contribution in [0.2, 0.25) is 0 Å². The van der Waals surface area contributed by atoms with Gasteiger partial charge in [-0.2, -0.15) is 0 Å². The molecular weight excluding hydrogens is 150 g/mol. The lowest BCUT2D eigenvalue weighted by atomic mass is 9.90. The van der Waals surface area contributed by atoms with Gasteiger partial charge in [0.2, 0.25) is 0 Å². The van der Waals surface area contributed by atoms with Crippen LogP contribution in [-0.2, 0) is 0 Å². The first kappa shape index (κ1) is 8.48. The summed E-state index contributed by atoms with van der Waals surface area (Å²) < 4.78 is 0. The fraction of sp³-hybridized carbons (Fsp3) is 1.00. The molecule has 0 spiro atoms. The average molecular weight is 169 g/mol. The summed E-state index contributed by atoms with van der Waals surface area (Å²) in [6, 6.07) is 1.59. The highest BCUT2D eigenvalue weighted by Crippen LogP contribution is 2.24. The van der Waals surface area contributed by atoms with Gasteiger partial charge in [0.15, 0.2) is 0 Å². The molecule has 0 radical (unpaired) electrons. The second-order valence-electron chi connectivity index (χ2n) is 4.28. The molecule has 2 aliphatic heterocycles.